The molecule has 0 radical (unpaired) electrons. The Morgan fingerprint density at radius 2 is 2.26 bits per heavy atom. The van der Waals surface area contributed by atoms with Gasteiger partial charge in [-0.15, -0.1) is 11.3 Å². The zero-order valence-electron chi connectivity index (χ0n) is 11.9. The summed E-state index contributed by atoms with van der Waals surface area (Å²) in [5.41, 5.74) is 0. The van der Waals surface area contributed by atoms with E-state index in [2.05, 4.69) is 30.5 Å². The SMILES string of the molecule is CC1(C)CCN(CCCC(=O)c2cccs2)CCS1. The van der Waals surface area contributed by atoms with Gasteiger partial charge in [-0.2, -0.15) is 11.8 Å². The molecule has 1 aromatic heterocycles. The van der Waals surface area contributed by atoms with E-state index in [1.807, 2.05) is 17.5 Å². The van der Waals surface area contributed by atoms with Crippen LogP contribution in [0.3, 0.4) is 0 Å². The lowest BCUT2D eigenvalue weighted by atomic mass is 10.1. The number of hydrogen-bond donors (Lipinski definition) is 0. The first-order valence-electron chi connectivity index (χ1n) is 7.00. The fourth-order valence-electron chi connectivity index (χ4n) is 2.31. The van der Waals surface area contributed by atoms with Crippen molar-refractivity contribution < 1.29 is 4.79 Å². The molecule has 0 aliphatic carbocycles. The van der Waals surface area contributed by atoms with Gasteiger partial charge in [-0.05, 0) is 37.4 Å². The number of hydrogen-bond acceptors (Lipinski definition) is 4. The number of thioether (sulfide) groups is 1. The maximum atomic E-state index is 11.9. The number of rotatable bonds is 5. The first-order chi connectivity index (χ1) is 9.07. The van der Waals surface area contributed by atoms with E-state index in [0.717, 1.165) is 17.8 Å². The number of carbonyl (C=O) groups is 1. The molecular weight excluding hydrogens is 274 g/mol. The highest BCUT2D eigenvalue weighted by molar-refractivity contribution is 8.00. The number of carbonyl (C=O) groups excluding carboxylic acids is 1. The zero-order valence-corrected chi connectivity index (χ0v) is 13.5. The largest absolute Gasteiger partial charge is 0.302 e. The van der Waals surface area contributed by atoms with E-state index in [4.69, 9.17) is 0 Å². The Labute approximate surface area is 124 Å². The highest BCUT2D eigenvalue weighted by atomic mass is 32.2. The fraction of sp³-hybridized carbons (Fsp3) is 0.667. The molecule has 0 N–H and O–H groups in total. The molecule has 1 aliphatic rings. The van der Waals surface area contributed by atoms with E-state index in [-0.39, 0.29) is 0 Å². The molecule has 1 fully saturated rings. The number of ketones is 1. The predicted octanol–water partition coefficient (Wildman–Crippen LogP) is 3.93. The molecule has 0 bridgehead atoms. The molecule has 0 aromatic carbocycles. The summed E-state index contributed by atoms with van der Waals surface area (Å²) in [6.07, 6.45) is 2.92. The second-order valence-corrected chi connectivity index (χ2v) is 8.45. The molecular formula is C15H23NOS2. The number of Topliss-reactive ketones (excluding diaryl/α,β-unsaturated/α-hetero) is 1. The number of thiophene rings is 1. The number of nitrogens with zero attached hydrogens (tertiary/aromatic N) is 1. The van der Waals surface area contributed by atoms with Crippen LogP contribution in [0.15, 0.2) is 17.5 Å². The molecule has 4 heteroatoms. The van der Waals surface area contributed by atoms with Crippen molar-refractivity contribution in [2.24, 2.45) is 0 Å². The van der Waals surface area contributed by atoms with Crippen molar-refractivity contribution in [1.82, 2.24) is 4.90 Å². The minimum Gasteiger partial charge on any atom is -0.302 e. The molecule has 2 nitrogen and oxygen atoms in total. The van der Waals surface area contributed by atoms with Gasteiger partial charge in [0.1, 0.15) is 0 Å². The topological polar surface area (TPSA) is 20.3 Å². The Morgan fingerprint density at radius 1 is 1.42 bits per heavy atom. The minimum absolute atomic E-state index is 0.305. The van der Waals surface area contributed by atoms with Gasteiger partial charge in [0.25, 0.3) is 0 Å². The zero-order chi connectivity index (χ0) is 13.7. The lowest BCUT2D eigenvalue weighted by molar-refractivity contribution is 0.0979. The molecule has 1 saturated heterocycles. The quantitative estimate of drug-likeness (QED) is 0.768. The van der Waals surface area contributed by atoms with Gasteiger partial charge in [-0.1, -0.05) is 19.9 Å². The van der Waals surface area contributed by atoms with Gasteiger partial charge in [0.15, 0.2) is 5.78 Å². The van der Waals surface area contributed by atoms with Gasteiger partial charge in [-0.3, -0.25) is 4.79 Å². The smallest absolute Gasteiger partial charge is 0.172 e. The van der Waals surface area contributed by atoms with E-state index >= 15 is 0 Å². The normalized spacial score (nSPS) is 20.1. The second kappa shape index (κ2) is 6.91. The summed E-state index contributed by atoms with van der Waals surface area (Å²) >= 11 is 3.63. The van der Waals surface area contributed by atoms with Crippen LogP contribution in [-0.2, 0) is 0 Å². The Morgan fingerprint density at radius 3 is 3.00 bits per heavy atom. The lowest BCUT2D eigenvalue weighted by Gasteiger charge is -2.22. The third kappa shape index (κ3) is 4.93. The van der Waals surface area contributed by atoms with Crippen molar-refractivity contribution in [2.45, 2.75) is 37.9 Å². The van der Waals surface area contributed by atoms with Crippen molar-refractivity contribution >= 4 is 28.9 Å². The first-order valence-corrected chi connectivity index (χ1v) is 8.86. The molecule has 0 amide bonds. The van der Waals surface area contributed by atoms with E-state index < -0.39 is 0 Å². The maximum Gasteiger partial charge on any atom is 0.172 e. The van der Waals surface area contributed by atoms with Crippen LogP contribution < -0.4 is 0 Å². The van der Waals surface area contributed by atoms with Crippen LogP contribution in [0.1, 0.15) is 42.8 Å². The first kappa shape index (κ1) is 15.1. The molecule has 0 spiro atoms. The average Bonchev–Trinajstić information content (AvgIpc) is 2.83. The van der Waals surface area contributed by atoms with Crippen molar-refractivity contribution in [1.29, 1.82) is 0 Å². The van der Waals surface area contributed by atoms with Gasteiger partial charge in [0.2, 0.25) is 0 Å². The van der Waals surface area contributed by atoms with Crippen molar-refractivity contribution in [3.63, 3.8) is 0 Å². The fourth-order valence-corrected chi connectivity index (χ4v) is 4.14. The molecule has 2 rings (SSSR count). The van der Waals surface area contributed by atoms with Crippen LogP contribution >= 0.6 is 23.1 Å². The third-order valence-corrected chi connectivity index (χ3v) is 5.89. The summed E-state index contributed by atoms with van der Waals surface area (Å²) in [7, 11) is 0. The van der Waals surface area contributed by atoms with Crippen LogP contribution in [0, 0.1) is 0 Å². The lowest BCUT2D eigenvalue weighted by Crippen LogP contribution is -2.28. The van der Waals surface area contributed by atoms with E-state index in [0.29, 0.717) is 17.0 Å². The van der Waals surface area contributed by atoms with Crippen LogP contribution in [0.4, 0.5) is 0 Å². The van der Waals surface area contributed by atoms with E-state index in [1.54, 1.807) is 11.3 Å². The van der Waals surface area contributed by atoms with Gasteiger partial charge in [-0.25, -0.2) is 0 Å². The van der Waals surface area contributed by atoms with Crippen LogP contribution in [0.5, 0.6) is 0 Å². The Kier molecular flexibility index (Phi) is 5.48. The summed E-state index contributed by atoms with van der Waals surface area (Å²) in [6.45, 7) is 8.07. The second-order valence-electron chi connectivity index (χ2n) is 5.70. The molecule has 0 saturated carbocycles. The molecule has 1 aliphatic heterocycles. The highest BCUT2D eigenvalue weighted by Crippen LogP contribution is 2.30. The predicted molar refractivity (Wildman–Crippen MR) is 85.5 cm³/mol. The summed E-state index contributed by atoms with van der Waals surface area (Å²) in [6, 6.07) is 3.88. The third-order valence-electron chi connectivity index (χ3n) is 3.60. The minimum atomic E-state index is 0.305. The molecule has 0 atom stereocenters. The van der Waals surface area contributed by atoms with E-state index in [1.165, 1.54) is 25.3 Å². The van der Waals surface area contributed by atoms with Crippen molar-refractivity contribution in [3.05, 3.63) is 22.4 Å². The molecule has 19 heavy (non-hydrogen) atoms. The van der Waals surface area contributed by atoms with Gasteiger partial charge >= 0.3 is 0 Å². The van der Waals surface area contributed by atoms with Crippen molar-refractivity contribution in [3.8, 4) is 0 Å². The van der Waals surface area contributed by atoms with Crippen LogP contribution in [0.25, 0.3) is 0 Å². The summed E-state index contributed by atoms with van der Waals surface area (Å²) < 4.78 is 0.418. The summed E-state index contributed by atoms with van der Waals surface area (Å²) in [5, 5.41) is 1.97. The van der Waals surface area contributed by atoms with Gasteiger partial charge in [0, 0.05) is 23.5 Å². The van der Waals surface area contributed by atoms with Gasteiger partial charge < -0.3 is 4.90 Å². The standard InChI is InChI=1S/C15H23NOS2/c1-15(2)7-9-16(10-12-19-15)8-3-5-13(17)14-6-4-11-18-14/h4,6,11H,3,5,7-10,12H2,1-2H3. The van der Waals surface area contributed by atoms with Crippen molar-refractivity contribution in [2.75, 3.05) is 25.4 Å². The molecule has 1 aromatic rings. The average molecular weight is 297 g/mol. The summed E-state index contributed by atoms with van der Waals surface area (Å²) in [4.78, 5) is 15.3. The molecule has 106 valence electrons. The molecule has 2 heterocycles. The Bertz CT molecular complexity index is 400. The maximum absolute atomic E-state index is 11.9. The monoisotopic (exact) mass is 297 g/mol. The molecule has 0 unspecified atom stereocenters. The van der Waals surface area contributed by atoms with Crippen LogP contribution in [0.2, 0.25) is 0 Å². The van der Waals surface area contributed by atoms with E-state index in [9.17, 15) is 4.79 Å². The Hall–Kier alpha value is -0.320. The highest BCUT2D eigenvalue weighted by Gasteiger charge is 2.23. The Balaban J connectivity index is 1.70. The van der Waals surface area contributed by atoms with Crippen LogP contribution in [-0.4, -0.2) is 40.8 Å². The van der Waals surface area contributed by atoms with Gasteiger partial charge in [0.05, 0.1) is 4.88 Å². The summed E-state index contributed by atoms with van der Waals surface area (Å²) in [5.74, 6) is 1.52.